The predicted octanol–water partition coefficient (Wildman–Crippen LogP) is 6.81. The van der Waals surface area contributed by atoms with Gasteiger partial charge in [0.1, 0.15) is 5.75 Å². The minimum atomic E-state index is -0.348. The third-order valence-electron chi connectivity index (χ3n) is 4.82. The van der Waals surface area contributed by atoms with E-state index < -0.39 is 0 Å². The van der Waals surface area contributed by atoms with Gasteiger partial charge in [0.05, 0.1) is 5.56 Å². The second kappa shape index (κ2) is 10.2. The highest BCUT2D eigenvalue weighted by Gasteiger charge is 2.09. The fourth-order valence-electron chi connectivity index (χ4n) is 3.09. The third kappa shape index (κ3) is 5.79. The van der Waals surface area contributed by atoms with Gasteiger partial charge in [0.2, 0.25) is 0 Å². The summed E-state index contributed by atoms with van der Waals surface area (Å²) in [7, 11) is 0. The molecule has 2 nitrogen and oxygen atoms in total. The topological polar surface area (TPSA) is 26.3 Å². The van der Waals surface area contributed by atoms with Crippen molar-refractivity contribution in [1.82, 2.24) is 0 Å². The maximum Gasteiger partial charge on any atom is 0.343 e. The van der Waals surface area contributed by atoms with Crippen LogP contribution >= 0.6 is 0 Å². The van der Waals surface area contributed by atoms with Crippen molar-refractivity contribution in [3.05, 3.63) is 115 Å². The van der Waals surface area contributed by atoms with Crippen molar-refractivity contribution in [1.29, 1.82) is 0 Å². The summed E-state index contributed by atoms with van der Waals surface area (Å²) in [6, 6.07) is 23.7. The summed E-state index contributed by atoms with van der Waals surface area (Å²) in [6.07, 6.45) is 7.67. The predicted molar refractivity (Wildman–Crippen MR) is 120 cm³/mol. The Morgan fingerprint density at radius 1 is 0.690 bits per heavy atom. The van der Waals surface area contributed by atoms with Crippen LogP contribution in [0.2, 0.25) is 0 Å². The molecule has 146 valence electrons. The van der Waals surface area contributed by atoms with Crippen molar-refractivity contribution in [2.45, 2.75) is 25.7 Å². The zero-order chi connectivity index (χ0) is 20.5. The lowest BCUT2D eigenvalue weighted by Gasteiger charge is -2.07. The summed E-state index contributed by atoms with van der Waals surface area (Å²) >= 11 is 0. The van der Waals surface area contributed by atoms with Crippen LogP contribution in [0.25, 0.3) is 11.1 Å². The molecule has 0 fully saturated rings. The first-order valence-corrected chi connectivity index (χ1v) is 9.92. The molecule has 0 radical (unpaired) electrons. The largest absolute Gasteiger partial charge is 0.423 e. The number of carbonyl (C=O) groups excluding carboxylic acids is 1. The monoisotopic (exact) mass is 382 g/mol. The molecule has 3 rings (SSSR count). The summed E-state index contributed by atoms with van der Waals surface area (Å²) in [5.74, 6) is 0.191. The molecule has 0 saturated heterocycles. The van der Waals surface area contributed by atoms with E-state index in [1.807, 2.05) is 60.7 Å². The number of benzene rings is 3. The molecule has 0 aromatic heterocycles. The van der Waals surface area contributed by atoms with Gasteiger partial charge in [0.15, 0.2) is 0 Å². The molecule has 0 aliphatic rings. The fourth-order valence-corrected chi connectivity index (χ4v) is 3.09. The maximum atomic E-state index is 12.4. The summed E-state index contributed by atoms with van der Waals surface area (Å²) < 4.78 is 5.51. The van der Waals surface area contributed by atoms with Crippen molar-refractivity contribution < 1.29 is 9.53 Å². The number of carbonyl (C=O) groups is 1. The van der Waals surface area contributed by atoms with E-state index in [2.05, 4.69) is 37.4 Å². The smallest absolute Gasteiger partial charge is 0.343 e. The van der Waals surface area contributed by atoms with Crippen molar-refractivity contribution in [2.75, 3.05) is 0 Å². The molecular weight excluding hydrogens is 356 g/mol. The number of hydrogen-bond acceptors (Lipinski definition) is 2. The van der Waals surface area contributed by atoms with Gasteiger partial charge in [-0.05, 0) is 72.2 Å². The van der Waals surface area contributed by atoms with Crippen LogP contribution in [-0.2, 0) is 12.8 Å². The van der Waals surface area contributed by atoms with E-state index >= 15 is 0 Å². The molecule has 0 unspecified atom stereocenters. The highest BCUT2D eigenvalue weighted by Crippen LogP contribution is 2.24. The van der Waals surface area contributed by atoms with Crippen molar-refractivity contribution in [2.24, 2.45) is 0 Å². The Balaban J connectivity index is 1.61. The van der Waals surface area contributed by atoms with Crippen LogP contribution in [0.3, 0.4) is 0 Å². The van der Waals surface area contributed by atoms with Crippen LogP contribution in [0, 0.1) is 0 Å². The Hall–Kier alpha value is -3.39. The lowest BCUT2D eigenvalue weighted by Crippen LogP contribution is -2.08. The Labute approximate surface area is 173 Å². The van der Waals surface area contributed by atoms with Gasteiger partial charge in [0, 0.05) is 0 Å². The number of esters is 1. The molecule has 0 amide bonds. The van der Waals surface area contributed by atoms with Crippen LogP contribution in [-0.4, -0.2) is 5.97 Å². The van der Waals surface area contributed by atoms with Crippen LogP contribution in [0.5, 0.6) is 5.75 Å². The van der Waals surface area contributed by atoms with Crippen molar-refractivity contribution in [3.8, 4) is 16.9 Å². The molecule has 2 heteroatoms. The van der Waals surface area contributed by atoms with Gasteiger partial charge >= 0.3 is 5.97 Å². The summed E-state index contributed by atoms with van der Waals surface area (Å²) in [5, 5.41) is 0. The van der Waals surface area contributed by atoms with Crippen molar-refractivity contribution in [3.63, 3.8) is 0 Å². The fraction of sp³-hybridized carbons (Fsp3) is 0.148. The maximum absolute atomic E-state index is 12.4. The van der Waals surface area contributed by atoms with Crippen LogP contribution in [0.15, 0.2) is 98.1 Å². The summed E-state index contributed by atoms with van der Waals surface area (Å²) in [6.45, 7) is 7.50. The van der Waals surface area contributed by atoms with Gasteiger partial charge < -0.3 is 4.74 Å². The zero-order valence-electron chi connectivity index (χ0n) is 16.6. The van der Waals surface area contributed by atoms with Crippen molar-refractivity contribution >= 4 is 5.97 Å². The average Bonchev–Trinajstić information content (AvgIpc) is 2.77. The van der Waals surface area contributed by atoms with E-state index in [0.29, 0.717) is 11.3 Å². The van der Waals surface area contributed by atoms with E-state index in [-0.39, 0.29) is 5.97 Å². The SMILES string of the molecule is C=CCCc1ccc(C(=O)Oc2ccc(-c3ccc(CCC=C)cc3)cc2)cc1. The normalized spacial score (nSPS) is 10.3. The minimum absolute atomic E-state index is 0.348. The molecule has 0 bridgehead atoms. The van der Waals surface area contributed by atoms with Crippen LogP contribution in [0.1, 0.15) is 34.3 Å². The second-order valence-corrected chi connectivity index (χ2v) is 6.96. The van der Waals surface area contributed by atoms with Gasteiger partial charge in [-0.15, -0.1) is 13.2 Å². The van der Waals surface area contributed by atoms with Gasteiger partial charge in [-0.2, -0.15) is 0 Å². The van der Waals surface area contributed by atoms with Gasteiger partial charge in [-0.3, -0.25) is 0 Å². The molecule has 0 saturated carbocycles. The zero-order valence-corrected chi connectivity index (χ0v) is 16.6. The van der Waals surface area contributed by atoms with E-state index in [1.165, 1.54) is 11.1 Å². The lowest BCUT2D eigenvalue weighted by molar-refractivity contribution is 0.0735. The van der Waals surface area contributed by atoms with Gasteiger partial charge in [-0.25, -0.2) is 4.79 Å². The van der Waals surface area contributed by atoms with E-state index in [0.717, 1.165) is 36.8 Å². The first-order chi connectivity index (χ1) is 14.2. The Bertz CT molecular complexity index is 949. The Kier molecular flexibility index (Phi) is 7.18. The quantitative estimate of drug-likeness (QED) is 0.231. The van der Waals surface area contributed by atoms with Crippen LogP contribution < -0.4 is 4.74 Å². The number of allylic oxidation sites excluding steroid dienone is 2. The lowest BCUT2D eigenvalue weighted by atomic mass is 10.0. The molecule has 0 N–H and O–H groups in total. The number of ether oxygens (including phenoxy) is 1. The third-order valence-corrected chi connectivity index (χ3v) is 4.82. The molecule has 0 aliphatic carbocycles. The van der Waals surface area contributed by atoms with E-state index in [1.54, 1.807) is 0 Å². The number of aryl methyl sites for hydroxylation is 2. The average molecular weight is 383 g/mol. The molecular formula is C27H26O2. The minimum Gasteiger partial charge on any atom is -0.423 e. The molecule has 3 aromatic rings. The highest BCUT2D eigenvalue weighted by atomic mass is 16.5. The molecule has 3 aromatic carbocycles. The molecule has 29 heavy (non-hydrogen) atoms. The molecule has 0 spiro atoms. The van der Waals surface area contributed by atoms with Gasteiger partial charge in [-0.1, -0.05) is 60.7 Å². The molecule has 0 heterocycles. The van der Waals surface area contributed by atoms with Gasteiger partial charge in [0.25, 0.3) is 0 Å². The van der Waals surface area contributed by atoms with Crippen LogP contribution in [0.4, 0.5) is 0 Å². The second-order valence-electron chi connectivity index (χ2n) is 6.96. The Morgan fingerprint density at radius 3 is 1.62 bits per heavy atom. The highest BCUT2D eigenvalue weighted by molar-refractivity contribution is 5.91. The standard InChI is InChI=1S/C27H26O2/c1-3-5-7-21-9-13-23(14-10-21)24-17-19-26(20-18-24)29-27(28)25-15-11-22(12-16-25)8-6-4-2/h3-4,9-20H,1-2,5-8H2. The molecule has 0 atom stereocenters. The number of hydrogen-bond donors (Lipinski definition) is 0. The summed E-state index contributed by atoms with van der Waals surface area (Å²) in [5.41, 5.74) is 5.26. The first kappa shape index (κ1) is 20.3. The first-order valence-electron chi connectivity index (χ1n) is 9.92. The summed E-state index contributed by atoms with van der Waals surface area (Å²) in [4.78, 5) is 12.4. The number of rotatable bonds is 9. The Morgan fingerprint density at radius 2 is 1.14 bits per heavy atom. The van der Waals surface area contributed by atoms with E-state index in [4.69, 9.17) is 4.74 Å². The molecule has 0 aliphatic heterocycles. The van der Waals surface area contributed by atoms with E-state index in [9.17, 15) is 4.79 Å².